The molecule has 1 aliphatic rings. The molecule has 0 aliphatic heterocycles. The van der Waals surface area contributed by atoms with E-state index in [0.29, 0.717) is 11.5 Å². The summed E-state index contributed by atoms with van der Waals surface area (Å²) in [5.74, 6) is -0.165. The van der Waals surface area contributed by atoms with Gasteiger partial charge in [-0.15, -0.1) is 0 Å². The highest BCUT2D eigenvalue weighted by Crippen LogP contribution is 2.38. The smallest absolute Gasteiger partial charge is 0.123 e. The lowest BCUT2D eigenvalue weighted by Gasteiger charge is -2.31. The van der Waals surface area contributed by atoms with Gasteiger partial charge in [0.1, 0.15) is 5.82 Å². The summed E-state index contributed by atoms with van der Waals surface area (Å²) in [6.07, 6.45) is 3.85. The van der Waals surface area contributed by atoms with Crippen LogP contribution in [0.15, 0.2) is 24.3 Å². The van der Waals surface area contributed by atoms with E-state index in [1.165, 1.54) is 31.4 Å². The predicted molar refractivity (Wildman–Crippen MR) is 69.4 cm³/mol. The Hall–Kier alpha value is -0.890. The Morgan fingerprint density at radius 1 is 1.29 bits per heavy atom. The number of hydrogen-bond donors (Lipinski definition) is 1. The van der Waals surface area contributed by atoms with Gasteiger partial charge in [0.2, 0.25) is 0 Å². The van der Waals surface area contributed by atoms with Crippen molar-refractivity contribution in [1.82, 2.24) is 5.32 Å². The van der Waals surface area contributed by atoms with E-state index < -0.39 is 0 Å². The van der Waals surface area contributed by atoms with Crippen molar-refractivity contribution in [2.24, 2.45) is 5.41 Å². The molecular formula is C15H22FN. The van der Waals surface area contributed by atoms with Crippen LogP contribution in [0, 0.1) is 11.2 Å². The Kier molecular flexibility index (Phi) is 3.53. The Balaban J connectivity index is 2.01. The van der Waals surface area contributed by atoms with Crippen LogP contribution in [0.4, 0.5) is 4.39 Å². The zero-order valence-electron chi connectivity index (χ0n) is 11.0. The van der Waals surface area contributed by atoms with Gasteiger partial charge in [0, 0.05) is 12.1 Å². The summed E-state index contributed by atoms with van der Waals surface area (Å²) in [5, 5.41) is 3.68. The zero-order valence-corrected chi connectivity index (χ0v) is 11.0. The lowest BCUT2D eigenvalue weighted by molar-refractivity contribution is 0.266. The Labute approximate surface area is 103 Å². The fourth-order valence-corrected chi connectivity index (χ4v) is 2.79. The van der Waals surface area contributed by atoms with Gasteiger partial charge < -0.3 is 5.32 Å². The van der Waals surface area contributed by atoms with Gasteiger partial charge in [-0.25, -0.2) is 4.39 Å². The third-order valence-electron chi connectivity index (χ3n) is 4.08. The summed E-state index contributed by atoms with van der Waals surface area (Å²) in [7, 11) is 0. The van der Waals surface area contributed by atoms with Crippen molar-refractivity contribution in [2.75, 3.05) is 0 Å². The SMILES string of the molecule is C[C@@H](NC1CCCC1(C)C)c1ccc(F)cc1. The van der Waals surface area contributed by atoms with Crippen molar-refractivity contribution in [3.63, 3.8) is 0 Å². The molecule has 1 saturated carbocycles. The maximum absolute atomic E-state index is 12.9. The van der Waals surface area contributed by atoms with Crippen LogP contribution in [-0.2, 0) is 0 Å². The molecule has 0 aromatic heterocycles. The van der Waals surface area contributed by atoms with E-state index in [0.717, 1.165) is 5.56 Å². The van der Waals surface area contributed by atoms with E-state index in [1.807, 2.05) is 12.1 Å². The van der Waals surface area contributed by atoms with Crippen LogP contribution in [0.1, 0.15) is 51.6 Å². The fraction of sp³-hybridized carbons (Fsp3) is 0.600. The highest BCUT2D eigenvalue weighted by atomic mass is 19.1. The van der Waals surface area contributed by atoms with Crippen LogP contribution in [0.2, 0.25) is 0 Å². The summed E-state index contributed by atoms with van der Waals surface area (Å²) < 4.78 is 12.9. The topological polar surface area (TPSA) is 12.0 Å². The van der Waals surface area contributed by atoms with Crippen molar-refractivity contribution in [2.45, 2.75) is 52.1 Å². The molecule has 0 radical (unpaired) electrons. The maximum Gasteiger partial charge on any atom is 0.123 e. The van der Waals surface area contributed by atoms with Gasteiger partial charge in [0.25, 0.3) is 0 Å². The summed E-state index contributed by atoms with van der Waals surface area (Å²) in [6, 6.07) is 7.67. The van der Waals surface area contributed by atoms with Crippen LogP contribution in [0.25, 0.3) is 0 Å². The number of nitrogens with one attached hydrogen (secondary N) is 1. The molecule has 0 amide bonds. The fourth-order valence-electron chi connectivity index (χ4n) is 2.79. The van der Waals surface area contributed by atoms with E-state index >= 15 is 0 Å². The standard InChI is InChI=1S/C15H22FN/c1-11(12-6-8-13(16)9-7-12)17-14-5-4-10-15(14,2)3/h6-9,11,14,17H,4-5,10H2,1-3H3/t11-,14?/m1/s1. The first-order chi connectivity index (χ1) is 7.99. The number of halogens is 1. The third kappa shape index (κ3) is 2.86. The third-order valence-corrected chi connectivity index (χ3v) is 4.08. The Morgan fingerprint density at radius 3 is 2.47 bits per heavy atom. The largest absolute Gasteiger partial charge is 0.307 e. The minimum absolute atomic E-state index is 0.165. The highest BCUT2D eigenvalue weighted by molar-refractivity contribution is 5.19. The van der Waals surface area contributed by atoms with Gasteiger partial charge in [-0.05, 0) is 42.9 Å². The molecule has 1 aromatic rings. The summed E-state index contributed by atoms with van der Waals surface area (Å²) in [4.78, 5) is 0. The van der Waals surface area contributed by atoms with Crippen LogP contribution in [-0.4, -0.2) is 6.04 Å². The minimum Gasteiger partial charge on any atom is -0.307 e. The van der Waals surface area contributed by atoms with Crippen molar-refractivity contribution < 1.29 is 4.39 Å². The highest BCUT2D eigenvalue weighted by Gasteiger charge is 2.34. The number of rotatable bonds is 3. The van der Waals surface area contributed by atoms with Crippen molar-refractivity contribution >= 4 is 0 Å². The summed E-state index contributed by atoms with van der Waals surface area (Å²) in [6.45, 7) is 6.81. The van der Waals surface area contributed by atoms with Gasteiger partial charge in [-0.3, -0.25) is 0 Å². The van der Waals surface area contributed by atoms with Gasteiger partial charge >= 0.3 is 0 Å². The van der Waals surface area contributed by atoms with Crippen LogP contribution >= 0.6 is 0 Å². The first-order valence-corrected chi connectivity index (χ1v) is 6.50. The lowest BCUT2D eigenvalue weighted by Crippen LogP contribution is -2.39. The minimum atomic E-state index is -0.165. The average molecular weight is 235 g/mol. The van der Waals surface area contributed by atoms with Crippen molar-refractivity contribution in [1.29, 1.82) is 0 Å². The van der Waals surface area contributed by atoms with E-state index in [9.17, 15) is 4.39 Å². The second-order valence-electron chi connectivity index (χ2n) is 5.87. The molecule has 2 atom stereocenters. The molecule has 17 heavy (non-hydrogen) atoms. The second-order valence-corrected chi connectivity index (χ2v) is 5.87. The zero-order chi connectivity index (χ0) is 12.5. The molecule has 1 fully saturated rings. The van der Waals surface area contributed by atoms with E-state index in [1.54, 1.807) is 0 Å². The average Bonchev–Trinajstić information content (AvgIpc) is 2.59. The molecule has 0 heterocycles. The first-order valence-electron chi connectivity index (χ1n) is 6.50. The van der Waals surface area contributed by atoms with Gasteiger partial charge in [-0.2, -0.15) is 0 Å². The molecule has 1 unspecified atom stereocenters. The van der Waals surface area contributed by atoms with Crippen LogP contribution in [0.3, 0.4) is 0 Å². The van der Waals surface area contributed by atoms with E-state index in [4.69, 9.17) is 0 Å². The molecule has 0 bridgehead atoms. The molecular weight excluding hydrogens is 213 g/mol. The predicted octanol–water partition coefficient (Wildman–Crippen LogP) is 4.06. The number of benzene rings is 1. The normalized spacial score (nSPS) is 24.8. The lowest BCUT2D eigenvalue weighted by atomic mass is 9.86. The monoisotopic (exact) mass is 235 g/mol. The summed E-state index contributed by atoms with van der Waals surface area (Å²) >= 11 is 0. The molecule has 1 nitrogen and oxygen atoms in total. The van der Waals surface area contributed by atoms with E-state index in [2.05, 4.69) is 26.1 Å². The summed E-state index contributed by atoms with van der Waals surface area (Å²) in [5.41, 5.74) is 1.54. The molecule has 1 N–H and O–H groups in total. The molecule has 2 heteroatoms. The molecule has 1 aliphatic carbocycles. The number of hydrogen-bond acceptors (Lipinski definition) is 1. The van der Waals surface area contributed by atoms with E-state index in [-0.39, 0.29) is 11.9 Å². The molecule has 1 aromatic carbocycles. The second kappa shape index (κ2) is 4.77. The van der Waals surface area contributed by atoms with Gasteiger partial charge in [-0.1, -0.05) is 32.4 Å². The molecule has 94 valence electrons. The van der Waals surface area contributed by atoms with Crippen LogP contribution < -0.4 is 5.32 Å². The van der Waals surface area contributed by atoms with Crippen molar-refractivity contribution in [3.8, 4) is 0 Å². The van der Waals surface area contributed by atoms with Crippen LogP contribution in [0.5, 0.6) is 0 Å². The maximum atomic E-state index is 12.9. The van der Waals surface area contributed by atoms with Crippen molar-refractivity contribution in [3.05, 3.63) is 35.6 Å². The first kappa shape index (κ1) is 12.6. The van der Waals surface area contributed by atoms with Gasteiger partial charge in [0.15, 0.2) is 0 Å². The molecule has 2 rings (SSSR count). The quantitative estimate of drug-likeness (QED) is 0.833. The Bertz CT molecular complexity index is 369. The Morgan fingerprint density at radius 2 is 1.94 bits per heavy atom. The molecule has 0 saturated heterocycles. The van der Waals surface area contributed by atoms with Gasteiger partial charge in [0.05, 0.1) is 0 Å². The molecule has 0 spiro atoms.